The molecule has 30 heavy (non-hydrogen) atoms. The molecule has 1 aromatic carbocycles. The third-order valence-corrected chi connectivity index (χ3v) is 5.49. The SMILES string of the molecule is COc1ccc(N(CC(=O)NCC2CCCO2)C(=O)c2snc(C(N)=O)c2N)cc1. The average molecular weight is 433 g/mol. The van der Waals surface area contributed by atoms with Gasteiger partial charge in [0.2, 0.25) is 5.91 Å². The van der Waals surface area contributed by atoms with Crippen molar-refractivity contribution in [2.24, 2.45) is 5.73 Å². The van der Waals surface area contributed by atoms with Crippen molar-refractivity contribution >= 4 is 40.6 Å². The molecule has 3 amide bonds. The van der Waals surface area contributed by atoms with Crippen LogP contribution in [0.4, 0.5) is 11.4 Å². The molecular weight excluding hydrogens is 410 g/mol. The third-order valence-electron chi connectivity index (χ3n) is 4.64. The summed E-state index contributed by atoms with van der Waals surface area (Å²) in [6, 6.07) is 6.64. The van der Waals surface area contributed by atoms with Crippen LogP contribution in [-0.4, -0.2) is 55.0 Å². The number of nitrogens with one attached hydrogen (secondary N) is 1. The first-order valence-electron chi connectivity index (χ1n) is 9.30. The average Bonchev–Trinajstić information content (AvgIpc) is 3.39. The molecule has 0 saturated carbocycles. The second-order valence-electron chi connectivity index (χ2n) is 6.67. The lowest BCUT2D eigenvalue weighted by atomic mass is 10.2. The maximum absolute atomic E-state index is 13.2. The third kappa shape index (κ3) is 4.86. The Morgan fingerprint density at radius 3 is 2.63 bits per heavy atom. The summed E-state index contributed by atoms with van der Waals surface area (Å²) in [6.45, 7) is 0.809. The molecule has 0 radical (unpaired) electrons. The van der Waals surface area contributed by atoms with E-state index >= 15 is 0 Å². The first-order valence-corrected chi connectivity index (χ1v) is 10.1. The zero-order chi connectivity index (χ0) is 21.7. The molecule has 1 aliphatic heterocycles. The van der Waals surface area contributed by atoms with E-state index < -0.39 is 11.8 Å². The standard InChI is InChI=1S/C19H23N5O5S/c1-28-12-6-4-11(5-7-12)24(10-14(25)22-9-13-3-2-8-29-13)19(27)17-15(20)16(18(21)26)23-30-17/h4-7,13H,2-3,8-10,20H2,1H3,(H2,21,26)(H,22,25). The molecule has 0 spiro atoms. The molecule has 1 saturated heterocycles. The number of primary amides is 1. The molecule has 2 aromatic rings. The topological polar surface area (TPSA) is 150 Å². The molecule has 1 atom stereocenters. The van der Waals surface area contributed by atoms with Crippen molar-refractivity contribution in [3.8, 4) is 5.75 Å². The molecule has 5 N–H and O–H groups in total. The molecular formula is C19H23N5O5S. The monoisotopic (exact) mass is 433 g/mol. The van der Waals surface area contributed by atoms with Gasteiger partial charge in [-0.3, -0.25) is 19.3 Å². The minimum absolute atomic E-state index is 0.0191. The fraction of sp³-hybridized carbons (Fsp3) is 0.368. The first-order chi connectivity index (χ1) is 14.4. The Hall–Kier alpha value is -3.18. The van der Waals surface area contributed by atoms with Gasteiger partial charge in [0, 0.05) is 18.8 Å². The molecule has 1 fully saturated rings. The number of anilines is 2. The summed E-state index contributed by atoms with van der Waals surface area (Å²) in [5.74, 6) is -1.14. The maximum Gasteiger partial charge on any atom is 0.272 e. The van der Waals surface area contributed by atoms with Crippen molar-refractivity contribution in [3.63, 3.8) is 0 Å². The summed E-state index contributed by atoms with van der Waals surface area (Å²) in [5.41, 5.74) is 11.3. The van der Waals surface area contributed by atoms with E-state index in [1.54, 1.807) is 24.3 Å². The molecule has 1 aromatic heterocycles. The zero-order valence-electron chi connectivity index (χ0n) is 16.4. The van der Waals surface area contributed by atoms with Gasteiger partial charge >= 0.3 is 0 Å². The Morgan fingerprint density at radius 1 is 1.33 bits per heavy atom. The fourth-order valence-corrected chi connectivity index (χ4v) is 3.78. The van der Waals surface area contributed by atoms with Gasteiger partial charge in [0.25, 0.3) is 11.8 Å². The molecule has 0 aliphatic carbocycles. The molecule has 2 heterocycles. The van der Waals surface area contributed by atoms with Crippen molar-refractivity contribution in [2.45, 2.75) is 18.9 Å². The van der Waals surface area contributed by atoms with Gasteiger partial charge in [0.15, 0.2) is 5.69 Å². The van der Waals surface area contributed by atoms with Crippen LogP contribution in [0.1, 0.15) is 33.0 Å². The van der Waals surface area contributed by atoms with Crippen LogP contribution < -0.4 is 26.4 Å². The minimum Gasteiger partial charge on any atom is -0.497 e. The largest absolute Gasteiger partial charge is 0.497 e. The number of amides is 3. The van der Waals surface area contributed by atoms with Gasteiger partial charge in [-0.15, -0.1) is 0 Å². The van der Waals surface area contributed by atoms with Gasteiger partial charge in [-0.25, -0.2) is 0 Å². The summed E-state index contributed by atoms with van der Waals surface area (Å²) in [6.07, 6.45) is 1.83. The fourth-order valence-electron chi connectivity index (χ4n) is 3.03. The number of nitrogen functional groups attached to an aromatic ring is 1. The van der Waals surface area contributed by atoms with Crippen molar-refractivity contribution in [1.82, 2.24) is 9.69 Å². The lowest BCUT2D eigenvalue weighted by Gasteiger charge is -2.22. The molecule has 10 nitrogen and oxygen atoms in total. The van der Waals surface area contributed by atoms with Crippen LogP contribution in [-0.2, 0) is 9.53 Å². The minimum atomic E-state index is -0.826. The Bertz CT molecular complexity index is 924. The molecule has 160 valence electrons. The van der Waals surface area contributed by atoms with Gasteiger partial charge in [0.1, 0.15) is 17.2 Å². The summed E-state index contributed by atoms with van der Waals surface area (Å²) >= 11 is 0.761. The van der Waals surface area contributed by atoms with Crippen LogP contribution >= 0.6 is 11.5 Å². The Labute approximate surface area is 177 Å². The molecule has 1 unspecified atom stereocenters. The second-order valence-corrected chi connectivity index (χ2v) is 7.44. The first kappa shape index (κ1) is 21.5. The Kier molecular flexibility index (Phi) is 6.85. The Morgan fingerprint density at radius 2 is 2.07 bits per heavy atom. The van der Waals surface area contributed by atoms with Crippen molar-refractivity contribution < 1.29 is 23.9 Å². The predicted molar refractivity (Wildman–Crippen MR) is 112 cm³/mol. The van der Waals surface area contributed by atoms with Gasteiger partial charge in [0.05, 0.1) is 18.9 Å². The highest BCUT2D eigenvalue weighted by molar-refractivity contribution is 7.09. The number of hydrogen-bond donors (Lipinski definition) is 3. The van der Waals surface area contributed by atoms with Crippen LogP contribution in [0.3, 0.4) is 0 Å². The zero-order valence-corrected chi connectivity index (χ0v) is 17.2. The van der Waals surface area contributed by atoms with Crippen LogP contribution in [0.2, 0.25) is 0 Å². The number of nitrogens with zero attached hydrogens (tertiary/aromatic N) is 2. The van der Waals surface area contributed by atoms with E-state index in [2.05, 4.69) is 9.69 Å². The summed E-state index contributed by atoms with van der Waals surface area (Å²) in [7, 11) is 1.53. The highest BCUT2D eigenvalue weighted by atomic mass is 32.1. The number of hydrogen-bond acceptors (Lipinski definition) is 8. The van der Waals surface area contributed by atoms with Crippen molar-refractivity contribution in [1.29, 1.82) is 0 Å². The van der Waals surface area contributed by atoms with E-state index in [4.69, 9.17) is 20.9 Å². The number of nitrogens with two attached hydrogens (primary N) is 2. The summed E-state index contributed by atoms with van der Waals surface area (Å²) in [4.78, 5) is 38.4. The maximum atomic E-state index is 13.2. The number of aromatic nitrogens is 1. The lowest BCUT2D eigenvalue weighted by molar-refractivity contribution is -0.120. The quantitative estimate of drug-likeness (QED) is 0.556. The van der Waals surface area contributed by atoms with Crippen LogP contribution in [0.25, 0.3) is 0 Å². The number of ether oxygens (including phenoxy) is 2. The van der Waals surface area contributed by atoms with Gasteiger partial charge in [-0.2, -0.15) is 4.37 Å². The van der Waals surface area contributed by atoms with Gasteiger partial charge in [-0.05, 0) is 48.6 Å². The molecule has 3 rings (SSSR count). The number of carbonyl (C=O) groups is 3. The molecule has 0 bridgehead atoms. The number of benzene rings is 1. The molecule has 11 heteroatoms. The summed E-state index contributed by atoms with van der Waals surface area (Å²) in [5, 5.41) is 2.79. The number of methoxy groups -OCH3 is 1. The normalized spacial score (nSPS) is 15.6. The van der Waals surface area contributed by atoms with Gasteiger partial charge < -0.3 is 26.3 Å². The highest BCUT2D eigenvalue weighted by Crippen LogP contribution is 2.27. The lowest BCUT2D eigenvalue weighted by Crippen LogP contribution is -2.42. The summed E-state index contributed by atoms with van der Waals surface area (Å²) < 4.78 is 14.5. The van der Waals surface area contributed by atoms with E-state index in [-0.39, 0.29) is 34.8 Å². The van der Waals surface area contributed by atoms with Crippen LogP contribution in [0, 0.1) is 0 Å². The van der Waals surface area contributed by atoms with Crippen molar-refractivity contribution in [2.75, 3.05) is 37.4 Å². The van der Waals surface area contributed by atoms with Crippen LogP contribution in [0.15, 0.2) is 24.3 Å². The smallest absolute Gasteiger partial charge is 0.272 e. The van der Waals surface area contributed by atoms with Crippen LogP contribution in [0.5, 0.6) is 5.75 Å². The van der Waals surface area contributed by atoms with E-state index in [0.29, 0.717) is 24.6 Å². The number of rotatable bonds is 8. The second kappa shape index (κ2) is 9.55. The Balaban J connectivity index is 1.81. The van der Waals surface area contributed by atoms with Gasteiger partial charge in [-0.1, -0.05) is 0 Å². The van der Waals surface area contributed by atoms with E-state index in [0.717, 1.165) is 24.4 Å². The van der Waals surface area contributed by atoms with E-state index in [1.165, 1.54) is 12.0 Å². The predicted octanol–water partition coefficient (Wildman–Crippen LogP) is 0.775. The van der Waals surface area contributed by atoms with Crippen molar-refractivity contribution in [3.05, 3.63) is 34.8 Å². The highest BCUT2D eigenvalue weighted by Gasteiger charge is 2.28. The van der Waals surface area contributed by atoms with E-state index in [9.17, 15) is 14.4 Å². The number of carbonyl (C=O) groups excluding carboxylic acids is 3. The molecule has 1 aliphatic rings. The van der Waals surface area contributed by atoms with E-state index in [1.807, 2.05) is 0 Å².